The highest BCUT2D eigenvalue weighted by atomic mass is 16.4. The Kier molecular flexibility index (Phi) is 12.1. The first-order chi connectivity index (χ1) is 21.4. The molecule has 2 saturated heterocycles. The predicted molar refractivity (Wildman–Crippen MR) is 189 cm³/mol. The van der Waals surface area contributed by atoms with Gasteiger partial charge in [0, 0.05) is 40.7 Å². The molecule has 2 saturated carbocycles. The number of carboxylic acid groups (broad SMARTS) is 2. The summed E-state index contributed by atoms with van der Waals surface area (Å²) in [4.78, 5) is 30.9. The summed E-state index contributed by atoms with van der Waals surface area (Å²) in [7, 11) is 0. The fourth-order valence-electron chi connectivity index (χ4n) is 12.4. The Balaban J connectivity index is 1.67. The summed E-state index contributed by atoms with van der Waals surface area (Å²) >= 11 is 0. The van der Waals surface area contributed by atoms with Crippen molar-refractivity contribution >= 4 is 11.9 Å². The topological polar surface area (TPSA) is 81.1 Å². The molecule has 0 aromatic carbocycles. The van der Waals surface area contributed by atoms with Crippen molar-refractivity contribution in [3.8, 4) is 0 Å². The standard InChI is InChI=1S/C40H72N2O4/c1-36(2)26-30(27-37(3,4)41(36)32-20-14-12-15-21-32)40(35(45)46,25-19-11-9-10-18-24-34(43)44)31-28-38(5,6)42(39(7,8)29-31)33-22-16-13-17-23-33/h30-33H,9-29H2,1-8H3,(H,43,44)(H,45,46). The number of nitrogens with zero attached hydrogens (tertiary/aromatic N) is 2. The van der Waals surface area contributed by atoms with E-state index in [1.807, 2.05) is 0 Å². The van der Waals surface area contributed by atoms with Crippen LogP contribution in [0.2, 0.25) is 0 Å². The molecule has 4 fully saturated rings. The van der Waals surface area contributed by atoms with Crippen LogP contribution < -0.4 is 0 Å². The summed E-state index contributed by atoms with van der Waals surface area (Å²) in [6, 6.07) is 1.20. The number of piperidine rings is 2. The maximum absolute atomic E-state index is 14.2. The molecule has 2 aliphatic heterocycles. The molecule has 46 heavy (non-hydrogen) atoms. The van der Waals surface area contributed by atoms with Crippen molar-refractivity contribution in [2.45, 2.75) is 224 Å². The van der Waals surface area contributed by atoms with E-state index >= 15 is 0 Å². The fourth-order valence-corrected chi connectivity index (χ4v) is 12.4. The number of hydrogen-bond acceptors (Lipinski definition) is 4. The number of aliphatic carboxylic acids is 2. The molecule has 0 atom stereocenters. The molecule has 4 rings (SSSR count). The van der Waals surface area contributed by atoms with Crippen molar-refractivity contribution in [3.63, 3.8) is 0 Å². The number of hydrogen-bond donors (Lipinski definition) is 2. The normalized spacial score (nSPS) is 27.0. The zero-order valence-corrected chi connectivity index (χ0v) is 31.3. The van der Waals surface area contributed by atoms with Crippen LogP contribution in [0.15, 0.2) is 0 Å². The Labute approximate surface area is 282 Å². The molecule has 0 radical (unpaired) electrons. The van der Waals surface area contributed by atoms with Gasteiger partial charge >= 0.3 is 11.9 Å². The lowest BCUT2D eigenvalue weighted by Gasteiger charge is -2.65. The number of unbranched alkanes of at least 4 members (excludes halogenated alkanes) is 4. The third kappa shape index (κ3) is 8.17. The summed E-state index contributed by atoms with van der Waals surface area (Å²) in [5, 5.41) is 20.7. The summed E-state index contributed by atoms with van der Waals surface area (Å²) in [6.45, 7) is 19.4. The maximum atomic E-state index is 14.2. The van der Waals surface area contributed by atoms with Crippen molar-refractivity contribution in [3.05, 3.63) is 0 Å². The molecule has 0 aromatic rings. The van der Waals surface area contributed by atoms with Crippen LogP contribution >= 0.6 is 0 Å². The number of likely N-dealkylation sites (tertiary alicyclic amines) is 2. The van der Waals surface area contributed by atoms with Crippen LogP contribution in [0.4, 0.5) is 0 Å². The van der Waals surface area contributed by atoms with E-state index in [0.717, 1.165) is 57.8 Å². The molecule has 0 bridgehead atoms. The van der Waals surface area contributed by atoms with Gasteiger partial charge in [-0.05, 0) is 131 Å². The molecular formula is C40H72N2O4. The van der Waals surface area contributed by atoms with E-state index in [-0.39, 0.29) is 40.4 Å². The van der Waals surface area contributed by atoms with Crippen molar-refractivity contribution in [2.24, 2.45) is 17.3 Å². The van der Waals surface area contributed by atoms with Gasteiger partial charge in [-0.1, -0.05) is 64.2 Å². The summed E-state index contributed by atoms with van der Waals surface area (Å²) in [6.07, 6.45) is 22.3. The molecule has 2 heterocycles. The van der Waals surface area contributed by atoms with Crippen LogP contribution in [0.3, 0.4) is 0 Å². The fraction of sp³-hybridized carbons (Fsp3) is 0.950. The van der Waals surface area contributed by atoms with Crippen LogP contribution in [0.5, 0.6) is 0 Å². The van der Waals surface area contributed by atoms with Crippen LogP contribution in [0.1, 0.15) is 190 Å². The summed E-state index contributed by atoms with van der Waals surface area (Å²) in [5.41, 5.74) is -0.985. The molecule has 266 valence electrons. The largest absolute Gasteiger partial charge is 0.481 e. The highest BCUT2D eigenvalue weighted by Gasteiger charge is 2.62. The second-order valence-electron chi connectivity index (χ2n) is 18.8. The predicted octanol–water partition coefficient (Wildman–Crippen LogP) is 10.1. The van der Waals surface area contributed by atoms with E-state index in [2.05, 4.69) is 65.2 Å². The summed E-state index contributed by atoms with van der Waals surface area (Å²) in [5.74, 6) is -1.03. The van der Waals surface area contributed by atoms with Crippen molar-refractivity contribution in [2.75, 3.05) is 0 Å². The molecule has 0 unspecified atom stereocenters. The van der Waals surface area contributed by atoms with E-state index in [4.69, 9.17) is 5.11 Å². The molecule has 2 N–H and O–H groups in total. The molecule has 0 aromatic heterocycles. The molecule has 0 amide bonds. The van der Waals surface area contributed by atoms with Gasteiger partial charge in [-0.2, -0.15) is 0 Å². The van der Waals surface area contributed by atoms with Crippen LogP contribution in [-0.4, -0.2) is 66.2 Å². The van der Waals surface area contributed by atoms with Gasteiger partial charge in [-0.3, -0.25) is 19.4 Å². The number of carbonyl (C=O) groups is 2. The van der Waals surface area contributed by atoms with Crippen molar-refractivity contribution in [1.82, 2.24) is 9.80 Å². The first kappa shape index (κ1) is 37.7. The molecule has 4 aliphatic rings. The average Bonchev–Trinajstić information content (AvgIpc) is 2.92. The molecular weight excluding hydrogens is 572 g/mol. The summed E-state index contributed by atoms with van der Waals surface area (Å²) < 4.78 is 0. The lowest BCUT2D eigenvalue weighted by molar-refractivity contribution is -0.185. The van der Waals surface area contributed by atoms with E-state index in [9.17, 15) is 14.7 Å². The third-order valence-corrected chi connectivity index (χ3v) is 13.3. The van der Waals surface area contributed by atoms with E-state index in [1.165, 1.54) is 64.2 Å². The Morgan fingerprint density at radius 2 is 0.913 bits per heavy atom. The van der Waals surface area contributed by atoms with E-state index in [1.54, 1.807) is 0 Å². The van der Waals surface area contributed by atoms with Gasteiger partial charge in [-0.25, -0.2) is 0 Å². The lowest BCUT2D eigenvalue weighted by atomic mass is 9.51. The minimum Gasteiger partial charge on any atom is -0.481 e. The minimum absolute atomic E-state index is 0.0558. The average molecular weight is 645 g/mol. The van der Waals surface area contributed by atoms with Gasteiger partial charge in [0.05, 0.1) is 5.41 Å². The minimum atomic E-state index is -0.762. The van der Waals surface area contributed by atoms with Crippen LogP contribution in [0.25, 0.3) is 0 Å². The second kappa shape index (κ2) is 14.8. The molecule has 6 nitrogen and oxygen atoms in total. The Morgan fingerprint density at radius 1 is 0.565 bits per heavy atom. The third-order valence-electron chi connectivity index (χ3n) is 13.3. The first-order valence-electron chi connectivity index (χ1n) is 19.5. The van der Waals surface area contributed by atoms with Crippen molar-refractivity contribution in [1.29, 1.82) is 0 Å². The molecule has 6 heteroatoms. The Hall–Kier alpha value is -1.14. The maximum Gasteiger partial charge on any atom is 0.310 e. The van der Waals surface area contributed by atoms with Gasteiger partial charge in [0.2, 0.25) is 0 Å². The van der Waals surface area contributed by atoms with Crippen LogP contribution in [-0.2, 0) is 9.59 Å². The highest BCUT2D eigenvalue weighted by molar-refractivity contribution is 5.76. The van der Waals surface area contributed by atoms with Gasteiger partial charge in [0.15, 0.2) is 0 Å². The second-order valence-corrected chi connectivity index (χ2v) is 18.8. The van der Waals surface area contributed by atoms with Gasteiger partial charge in [0.1, 0.15) is 0 Å². The molecule has 0 spiro atoms. The Bertz CT molecular complexity index is 926. The lowest BCUT2D eigenvalue weighted by Crippen LogP contribution is -2.69. The highest BCUT2D eigenvalue weighted by Crippen LogP contribution is 2.60. The van der Waals surface area contributed by atoms with Crippen molar-refractivity contribution < 1.29 is 19.8 Å². The Morgan fingerprint density at radius 3 is 1.26 bits per heavy atom. The number of carboxylic acids is 2. The molecule has 2 aliphatic carbocycles. The van der Waals surface area contributed by atoms with E-state index < -0.39 is 17.4 Å². The number of rotatable bonds is 13. The monoisotopic (exact) mass is 645 g/mol. The first-order valence-corrected chi connectivity index (χ1v) is 19.5. The SMILES string of the molecule is CC1(C)CC(C(CCCCCCCC(=O)O)(C(=O)O)C2CC(C)(C)N(C3CCCCC3)C(C)(C)C2)CC(C)(C)N1C1CCCCC1. The van der Waals surface area contributed by atoms with E-state index in [0.29, 0.717) is 18.5 Å². The zero-order chi connectivity index (χ0) is 34.0. The van der Waals surface area contributed by atoms with Gasteiger partial charge in [-0.15, -0.1) is 0 Å². The zero-order valence-electron chi connectivity index (χ0n) is 31.3. The smallest absolute Gasteiger partial charge is 0.310 e. The van der Waals surface area contributed by atoms with Gasteiger partial charge < -0.3 is 10.2 Å². The quantitative estimate of drug-likeness (QED) is 0.194. The van der Waals surface area contributed by atoms with Crippen LogP contribution in [0, 0.1) is 17.3 Å². The van der Waals surface area contributed by atoms with Gasteiger partial charge in [0.25, 0.3) is 0 Å².